The molecule has 0 aliphatic heterocycles. The summed E-state index contributed by atoms with van der Waals surface area (Å²) in [5.41, 5.74) is 6.76. The minimum Gasteiger partial charge on any atom is -0.493 e. The van der Waals surface area contributed by atoms with Crippen molar-refractivity contribution in [1.29, 1.82) is 0 Å². The molecule has 2 N–H and O–H groups in total. The van der Waals surface area contributed by atoms with Gasteiger partial charge in [-0.3, -0.25) is 0 Å². The van der Waals surface area contributed by atoms with Gasteiger partial charge in [0, 0.05) is 5.56 Å². The quantitative estimate of drug-likeness (QED) is 0.901. The van der Waals surface area contributed by atoms with E-state index in [1.54, 1.807) is 6.07 Å². The molecule has 0 heterocycles. The Hall–Kier alpha value is -2.49. The average Bonchev–Trinajstić information content (AvgIpc) is 2.39. The van der Waals surface area contributed by atoms with Crippen LogP contribution in [0.2, 0.25) is 0 Å². The molecule has 92 valence electrons. The van der Waals surface area contributed by atoms with Crippen molar-refractivity contribution in [2.45, 2.75) is 0 Å². The molecule has 0 aromatic heterocycles. The van der Waals surface area contributed by atoms with Crippen LogP contribution in [0.3, 0.4) is 0 Å². The Labute approximate surface area is 105 Å². The largest absolute Gasteiger partial charge is 0.493 e. The van der Waals surface area contributed by atoms with Crippen molar-refractivity contribution in [3.63, 3.8) is 0 Å². The second-order valence-electron chi connectivity index (χ2n) is 3.62. The van der Waals surface area contributed by atoms with Gasteiger partial charge in [0.15, 0.2) is 11.5 Å². The molecule has 0 fully saturated rings. The van der Waals surface area contributed by atoms with E-state index >= 15 is 0 Å². The minimum atomic E-state index is -0.864. The second-order valence-corrected chi connectivity index (χ2v) is 3.62. The summed E-state index contributed by atoms with van der Waals surface area (Å²) in [6.07, 6.45) is -0.864. The first kappa shape index (κ1) is 12.0. The van der Waals surface area contributed by atoms with Gasteiger partial charge in [0.2, 0.25) is 0 Å². The first-order valence-corrected chi connectivity index (χ1v) is 5.42. The number of ether oxygens (including phenoxy) is 2. The molecule has 0 unspecified atom stereocenters. The Morgan fingerprint density at radius 3 is 2.39 bits per heavy atom. The predicted octanol–water partition coefficient (Wildman–Crippen LogP) is 2.82. The van der Waals surface area contributed by atoms with Crippen molar-refractivity contribution in [3.8, 4) is 22.6 Å². The van der Waals surface area contributed by atoms with Crippen molar-refractivity contribution in [1.82, 2.24) is 0 Å². The third-order valence-corrected chi connectivity index (χ3v) is 2.49. The number of carbonyl (C=O) groups is 1. The maximum atomic E-state index is 11.0. The lowest BCUT2D eigenvalue weighted by molar-refractivity contribution is 0.209. The number of carbonyl (C=O) groups excluding carboxylic acids is 1. The van der Waals surface area contributed by atoms with Crippen molar-refractivity contribution < 1.29 is 14.3 Å². The van der Waals surface area contributed by atoms with Crippen molar-refractivity contribution in [2.75, 3.05) is 7.11 Å². The van der Waals surface area contributed by atoms with Crippen LogP contribution in [-0.2, 0) is 0 Å². The molecule has 2 aromatic rings. The van der Waals surface area contributed by atoms with Crippen LogP contribution in [-0.4, -0.2) is 13.2 Å². The number of para-hydroxylation sites is 1. The lowest BCUT2D eigenvalue weighted by atomic mass is 10.0. The summed E-state index contributed by atoms with van der Waals surface area (Å²) >= 11 is 0. The maximum Gasteiger partial charge on any atom is 0.410 e. The van der Waals surface area contributed by atoms with E-state index in [2.05, 4.69) is 0 Å². The molecule has 0 aliphatic rings. The van der Waals surface area contributed by atoms with Crippen LogP contribution >= 0.6 is 0 Å². The summed E-state index contributed by atoms with van der Waals surface area (Å²) in [4.78, 5) is 11.0. The van der Waals surface area contributed by atoms with Crippen LogP contribution in [0.25, 0.3) is 11.1 Å². The van der Waals surface area contributed by atoms with Gasteiger partial charge in [0.1, 0.15) is 0 Å². The van der Waals surface area contributed by atoms with Gasteiger partial charge in [-0.2, -0.15) is 0 Å². The van der Waals surface area contributed by atoms with E-state index in [-0.39, 0.29) is 0 Å². The van der Waals surface area contributed by atoms with Gasteiger partial charge in [-0.05, 0) is 11.6 Å². The second kappa shape index (κ2) is 5.23. The highest BCUT2D eigenvalue weighted by Crippen LogP contribution is 2.37. The van der Waals surface area contributed by atoms with E-state index in [0.717, 1.165) is 11.1 Å². The lowest BCUT2D eigenvalue weighted by Gasteiger charge is -2.12. The fourth-order valence-electron chi connectivity index (χ4n) is 1.73. The minimum absolute atomic E-state index is 0.332. The molecule has 18 heavy (non-hydrogen) atoms. The highest BCUT2D eigenvalue weighted by molar-refractivity contribution is 5.78. The van der Waals surface area contributed by atoms with Crippen LogP contribution in [0.4, 0.5) is 4.79 Å². The lowest BCUT2D eigenvalue weighted by Crippen LogP contribution is -2.17. The highest BCUT2D eigenvalue weighted by Gasteiger charge is 2.14. The number of nitrogens with two attached hydrogens (primary N) is 1. The normalized spacial score (nSPS) is 9.83. The van der Waals surface area contributed by atoms with Gasteiger partial charge < -0.3 is 15.2 Å². The standard InChI is InChI=1S/C14H13NO3/c1-17-12-9-5-8-11(13(12)18-14(15)16)10-6-3-2-4-7-10/h2-9H,1H3,(H2,15,16). The average molecular weight is 243 g/mol. The Kier molecular flexibility index (Phi) is 3.48. The zero-order valence-electron chi connectivity index (χ0n) is 9.92. The predicted molar refractivity (Wildman–Crippen MR) is 68.6 cm³/mol. The van der Waals surface area contributed by atoms with Crippen LogP contribution in [0.15, 0.2) is 48.5 Å². The molecular formula is C14H13NO3. The topological polar surface area (TPSA) is 61.6 Å². The van der Waals surface area contributed by atoms with Gasteiger partial charge in [0.05, 0.1) is 7.11 Å². The number of primary amides is 1. The van der Waals surface area contributed by atoms with E-state index in [1.165, 1.54) is 7.11 Å². The third kappa shape index (κ3) is 2.43. The number of hydrogen-bond acceptors (Lipinski definition) is 3. The Morgan fingerprint density at radius 2 is 1.78 bits per heavy atom. The van der Waals surface area contributed by atoms with Gasteiger partial charge >= 0.3 is 6.09 Å². The molecule has 0 spiro atoms. The molecule has 0 atom stereocenters. The van der Waals surface area contributed by atoms with Gasteiger partial charge in [-0.1, -0.05) is 42.5 Å². The fourth-order valence-corrected chi connectivity index (χ4v) is 1.73. The summed E-state index contributed by atoms with van der Waals surface area (Å²) in [5.74, 6) is 0.800. The molecule has 4 nitrogen and oxygen atoms in total. The smallest absolute Gasteiger partial charge is 0.410 e. The van der Waals surface area contributed by atoms with E-state index in [9.17, 15) is 4.79 Å². The molecule has 2 rings (SSSR count). The van der Waals surface area contributed by atoms with Crippen LogP contribution in [0.5, 0.6) is 11.5 Å². The SMILES string of the molecule is COc1cccc(-c2ccccc2)c1OC(N)=O. The molecule has 2 aromatic carbocycles. The highest BCUT2D eigenvalue weighted by atomic mass is 16.6. The molecule has 0 bridgehead atoms. The Balaban J connectivity index is 2.56. The number of hydrogen-bond donors (Lipinski definition) is 1. The third-order valence-electron chi connectivity index (χ3n) is 2.49. The maximum absolute atomic E-state index is 11.0. The first-order valence-electron chi connectivity index (χ1n) is 5.42. The summed E-state index contributed by atoms with van der Waals surface area (Å²) in [5, 5.41) is 0. The molecule has 0 radical (unpaired) electrons. The monoisotopic (exact) mass is 243 g/mol. The molecule has 0 saturated heterocycles. The number of amides is 1. The van der Waals surface area contributed by atoms with Crippen LogP contribution in [0, 0.1) is 0 Å². The number of rotatable bonds is 3. The van der Waals surface area contributed by atoms with Crippen LogP contribution < -0.4 is 15.2 Å². The Bertz CT molecular complexity index is 552. The molecule has 4 heteroatoms. The number of methoxy groups -OCH3 is 1. The first-order chi connectivity index (χ1) is 8.72. The van der Waals surface area contributed by atoms with Gasteiger partial charge in [-0.15, -0.1) is 0 Å². The fraction of sp³-hybridized carbons (Fsp3) is 0.0714. The zero-order chi connectivity index (χ0) is 13.0. The summed E-state index contributed by atoms with van der Waals surface area (Å²) in [6.45, 7) is 0. The number of benzene rings is 2. The van der Waals surface area contributed by atoms with E-state index in [1.807, 2.05) is 42.5 Å². The molecule has 1 amide bonds. The summed E-state index contributed by atoms with van der Waals surface area (Å²) in [7, 11) is 1.51. The van der Waals surface area contributed by atoms with Crippen molar-refractivity contribution >= 4 is 6.09 Å². The summed E-state index contributed by atoms with van der Waals surface area (Å²) < 4.78 is 10.2. The molecule has 0 saturated carbocycles. The van der Waals surface area contributed by atoms with Crippen LogP contribution in [0.1, 0.15) is 0 Å². The van der Waals surface area contributed by atoms with E-state index < -0.39 is 6.09 Å². The summed E-state index contributed by atoms with van der Waals surface area (Å²) in [6, 6.07) is 14.9. The van der Waals surface area contributed by atoms with Crippen molar-refractivity contribution in [3.05, 3.63) is 48.5 Å². The van der Waals surface area contributed by atoms with E-state index in [4.69, 9.17) is 15.2 Å². The van der Waals surface area contributed by atoms with E-state index in [0.29, 0.717) is 11.5 Å². The van der Waals surface area contributed by atoms with Gasteiger partial charge in [0.25, 0.3) is 0 Å². The Morgan fingerprint density at radius 1 is 1.06 bits per heavy atom. The van der Waals surface area contributed by atoms with Gasteiger partial charge in [-0.25, -0.2) is 4.79 Å². The van der Waals surface area contributed by atoms with Crippen molar-refractivity contribution in [2.24, 2.45) is 5.73 Å². The zero-order valence-corrected chi connectivity index (χ0v) is 9.92. The molecule has 0 aliphatic carbocycles. The molecular weight excluding hydrogens is 230 g/mol.